The molecule has 1 spiro atoms. The van der Waals surface area contributed by atoms with Crippen LogP contribution in [-0.4, -0.2) is 42.1 Å². The van der Waals surface area contributed by atoms with E-state index >= 15 is 0 Å². The van der Waals surface area contributed by atoms with Crippen LogP contribution in [0.1, 0.15) is 49.3 Å². The Hall–Kier alpha value is -2.53. The lowest BCUT2D eigenvalue weighted by atomic mass is 9.78. The van der Waals surface area contributed by atoms with Crippen molar-refractivity contribution in [2.45, 2.75) is 51.1 Å². The topological polar surface area (TPSA) is 114 Å². The van der Waals surface area contributed by atoms with Crippen molar-refractivity contribution in [2.75, 3.05) is 13.1 Å². The van der Waals surface area contributed by atoms with Crippen LogP contribution in [0.5, 0.6) is 0 Å². The van der Waals surface area contributed by atoms with E-state index in [2.05, 4.69) is 22.8 Å². The van der Waals surface area contributed by atoms with Gasteiger partial charge in [-0.2, -0.15) is 5.26 Å². The molecule has 1 amide bonds. The third kappa shape index (κ3) is 3.91. The lowest BCUT2D eigenvalue weighted by molar-refractivity contribution is -0.140. The van der Waals surface area contributed by atoms with Gasteiger partial charge in [0.25, 0.3) is 0 Å². The zero-order valence-corrected chi connectivity index (χ0v) is 17.2. The second-order valence-corrected chi connectivity index (χ2v) is 8.78. The predicted molar refractivity (Wildman–Crippen MR) is 111 cm³/mol. The maximum Gasteiger partial charge on any atom is 0.248 e. The Morgan fingerprint density at radius 1 is 1.33 bits per heavy atom. The van der Waals surface area contributed by atoms with Crippen LogP contribution in [0.25, 0.3) is 5.57 Å². The van der Waals surface area contributed by atoms with E-state index in [4.69, 9.17) is 0 Å². The Morgan fingerprint density at radius 3 is 2.80 bits per heavy atom. The summed E-state index contributed by atoms with van der Waals surface area (Å²) in [5.74, 6) is -1.08. The molecule has 1 saturated heterocycles. The molecule has 7 heteroatoms. The van der Waals surface area contributed by atoms with Gasteiger partial charge in [0.2, 0.25) is 5.91 Å². The molecule has 4 rings (SSSR count). The molecule has 7 nitrogen and oxygen atoms in total. The van der Waals surface area contributed by atoms with Crippen molar-refractivity contribution in [2.24, 2.45) is 11.3 Å². The zero-order chi connectivity index (χ0) is 21.3. The second-order valence-electron chi connectivity index (χ2n) is 8.78. The summed E-state index contributed by atoms with van der Waals surface area (Å²) in [5.41, 5.74) is 5.65. The number of benzene rings is 1. The number of hydrogen-bond donors (Lipinski definition) is 4. The third-order valence-electron chi connectivity index (χ3n) is 6.92. The molecule has 3 atom stereocenters. The van der Waals surface area contributed by atoms with Crippen LogP contribution in [0.2, 0.25) is 0 Å². The summed E-state index contributed by atoms with van der Waals surface area (Å²) < 4.78 is 0. The highest BCUT2D eigenvalue weighted by molar-refractivity contribution is 5.96. The number of carbonyl (C=O) groups is 2. The fourth-order valence-corrected chi connectivity index (χ4v) is 4.86. The predicted octanol–water partition coefficient (Wildman–Crippen LogP) is 1.70. The van der Waals surface area contributed by atoms with Gasteiger partial charge in [-0.05, 0) is 60.3 Å². The van der Waals surface area contributed by atoms with E-state index in [1.807, 2.05) is 25.1 Å². The SMILES string of the molecule is CCc1cc(C2=CCNC(C(=O)[C@H]3NCC4(CC4)C[C@@H]3C(=O)NO)C2)ccc1C#N. The van der Waals surface area contributed by atoms with E-state index in [9.17, 15) is 20.1 Å². The Bertz CT molecular complexity index is 929. The first-order valence-electron chi connectivity index (χ1n) is 10.7. The van der Waals surface area contributed by atoms with E-state index in [0.29, 0.717) is 24.9 Å². The molecule has 2 fully saturated rings. The number of Topliss-reactive ketones (excluding diaryl/α,β-unsaturated/α-hetero) is 1. The van der Waals surface area contributed by atoms with Crippen molar-refractivity contribution in [3.8, 4) is 6.07 Å². The van der Waals surface area contributed by atoms with Crippen molar-refractivity contribution in [3.63, 3.8) is 0 Å². The highest BCUT2D eigenvalue weighted by Crippen LogP contribution is 2.52. The normalized spacial score (nSPS) is 27.1. The smallest absolute Gasteiger partial charge is 0.248 e. The minimum Gasteiger partial charge on any atom is -0.306 e. The van der Waals surface area contributed by atoms with Crippen LogP contribution in [0.4, 0.5) is 0 Å². The molecule has 1 aromatic rings. The molecule has 1 aliphatic carbocycles. The van der Waals surface area contributed by atoms with Crippen LogP contribution >= 0.6 is 0 Å². The number of hydrogen-bond acceptors (Lipinski definition) is 6. The quantitative estimate of drug-likeness (QED) is 0.436. The standard InChI is InChI=1S/C23H28N4O3/c1-2-14-9-15(3-4-17(14)12-24)16-5-8-25-19(10-16)21(28)20-18(22(29)27-30)11-23(6-7-23)13-26-20/h3-5,9,18-20,25-26,30H,2,6-8,10-11,13H2,1H3,(H,27,29)/t18-,19?,20-/m0/s1. The van der Waals surface area contributed by atoms with Gasteiger partial charge >= 0.3 is 0 Å². The minimum absolute atomic E-state index is 0.0333. The highest BCUT2D eigenvalue weighted by Gasteiger charge is 2.52. The zero-order valence-electron chi connectivity index (χ0n) is 17.2. The summed E-state index contributed by atoms with van der Waals surface area (Å²) in [7, 11) is 0. The lowest BCUT2D eigenvalue weighted by Gasteiger charge is -2.37. The Morgan fingerprint density at radius 2 is 2.13 bits per heavy atom. The Labute approximate surface area is 176 Å². The first-order chi connectivity index (χ1) is 14.5. The van der Waals surface area contributed by atoms with Crippen LogP contribution in [0.3, 0.4) is 0 Å². The number of nitrogens with one attached hydrogen (secondary N) is 3. The van der Waals surface area contributed by atoms with E-state index in [0.717, 1.165) is 42.5 Å². The molecular formula is C23H28N4O3. The fraction of sp³-hybridized carbons (Fsp3) is 0.522. The van der Waals surface area contributed by atoms with E-state index in [1.165, 1.54) is 0 Å². The first-order valence-corrected chi connectivity index (χ1v) is 10.7. The molecule has 0 radical (unpaired) electrons. The van der Waals surface area contributed by atoms with Crippen molar-refractivity contribution >= 4 is 17.3 Å². The summed E-state index contributed by atoms with van der Waals surface area (Å²) >= 11 is 0. The number of nitrogens with zero attached hydrogens (tertiary/aromatic N) is 1. The molecule has 0 bridgehead atoms. The van der Waals surface area contributed by atoms with Gasteiger partial charge in [-0.15, -0.1) is 0 Å². The van der Waals surface area contributed by atoms with Gasteiger partial charge in [0.15, 0.2) is 5.78 Å². The number of carbonyl (C=O) groups excluding carboxylic acids is 2. The van der Waals surface area contributed by atoms with Crippen LogP contribution < -0.4 is 16.1 Å². The van der Waals surface area contributed by atoms with Crippen LogP contribution in [-0.2, 0) is 16.0 Å². The number of ketones is 1. The number of piperidine rings is 1. The van der Waals surface area contributed by atoms with Gasteiger partial charge in [0.1, 0.15) is 0 Å². The largest absolute Gasteiger partial charge is 0.306 e. The molecule has 0 aromatic heterocycles. The maximum absolute atomic E-state index is 13.4. The molecular weight excluding hydrogens is 380 g/mol. The van der Waals surface area contributed by atoms with Gasteiger partial charge in [0, 0.05) is 13.1 Å². The van der Waals surface area contributed by atoms with Crippen molar-refractivity contribution in [1.82, 2.24) is 16.1 Å². The van der Waals surface area contributed by atoms with E-state index < -0.39 is 23.9 Å². The Kier molecular flexibility index (Phi) is 5.74. The Balaban J connectivity index is 1.51. The molecule has 2 aliphatic heterocycles. The van der Waals surface area contributed by atoms with E-state index in [-0.39, 0.29) is 11.2 Å². The number of nitriles is 1. The number of aryl methyl sites for hydroxylation is 1. The fourth-order valence-electron chi connectivity index (χ4n) is 4.86. The van der Waals surface area contributed by atoms with Crippen molar-refractivity contribution in [3.05, 3.63) is 41.0 Å². The van der Waals surface area contributed by atoms with Gasteiger partial charge in [0.05, 0.1) is 29.6 Å². The van der Waals surface area contributed by atoms with Gasteiger partial charge in [-0.3, -0.25) is 14.8 Å². The summed E-state index contributed by atoms with van der Waals surface area (Å²) in [6, 6.07) is 7.04. The molecule has 1 aromatic carbocycles. The third-order valence-corrected chi connectivity index (χ3v) is 6.92. The minimum atomic E-state index is -0.604. The molecule has 158 valence electrons. The summed E-state index contributed by atoms with van der Waals surface area (Å²) in [5, 5.41) is 25.0. The van der Waals surface area contributed by atoms with Gasteiger partial charge < -0.3 is 10.6 Å². The molecule has 3 aliphatic rings. The summed E-state index contributed by atoms with van der Waals surface area (Å²) in [4.78, 5) is 25.6. The molecule has 4 N–H and O–H groups in total. The molecule has 2 heterocycles. The monoisotopic (exact) mass is 408 g/mol. The number of hydroxylamine groups is 1. The molecule has 30 heavy (non-hydrogen) atoms. The highest BCUT2D eigenvalue weighted by atomic mass is 16.5. The first kappa shape index (κ1) is 20.7. The van der Waals surface area contributed by atoms with Crippen LogP contribution in [0, 0.1) is 22.7 Å². The van der Waals surface area contributed by atoms with E-state index in [1.54, 1.807) is 5.48 Å². The average molecular weight is 409 g/mol. The van der Waals surface area contributed by atoms with Crippen LogP contribution in [0.15, 0.2) is 24.3 Å². The second kappa shape index (κ2) is 8.31. The summed E-state index contributed by atoms with van der Waals surface area (Å²) in [6.45, 7) is 3.33. The molecule has 1 unspecified atom stereocenters. The number of rotatable bonds is 5. The van der Waals surface area contributed by atoms with Crippen molar-refractivity contribution < 1.29 is 14.8 Å². The maximum atomic E-state index is 13.4. The van der Waals surface area contributed by atoms with Gasteiger partial charge in [-0.25, -0.2) is 5.48 Å². The average Bonchev–Trinajstić information content (AvgIpc) is 3.56. The summed E-state index contributed by atoms with van der Waals surface area (Å²) in [6.07, 6.45) is 6.14. The molecule has 1 saturated carbocycles. The number of amides is 1. The lowest BCUT2D eigenvalue weighted by Crippen LogP contribution is -2.59. The van der Waals surface area contributed by atoms with Crippen molar-refractivity contribution in [1.29, 1.82) is 5.26 Å². The van der Waals surface area contributed by atoms with Gasteiger partial charge in [-0.1, -0.05) is 25.1 Å².